The maximum absolute atomic E-state index is 13.0. The summed E-state index contributed by atoms with van der Waals surface area (Å²) in [5, 5.41) is 20.7. The number of aliphatic hydroxyl groups excluding tert-OH is 2. The van der Waals surface area contributed by atoms with Gasteiger partial charge in [-0.1, -0.05) is 324 Å². The van der Waals surface area contributed by atoms with Crippen LogP contribution in [0.25, 0.3) is 0 Å². The molecule has 0 heterocycles. The average Bonchev–Trinajstić information content (AvgIpc) is 0.898. The third-order valence-electron chi connectivity index (χ3n) is 17.3. The number of carbonyl (C=O) groups is 3. The van der Waals surface area contributed by atoms with Gasteiger partial charge in [0.2, 0.25) is 0 Å². The highest BCUT2D eigenvalue weighted by molar-refractivity contribution is 7.47. The molecular weight excluding hydrogens is 1430 g/mol. The number of allylic oxidation sites excluding steroid dienone is 32. The summed E-state index contributed by atoms with van der Waals surface area (Å²) in [7, 11) is -9.83. The fourth-order valence-electron chi connectivity index (χ4n) is 10.9. The zero-order chi connectivity index (χ0) is 80.8. The van der Waals surface area contributed by atoms with E-state index in [2.05, 4.69) is 215 Å². The van der Waals surface area contributed by atoms with Crippen LogP contribution in [-0.2, 0) is 55.8 Å². The molecule has 111 heavy (non-hydrogen) atoms. The molecule has 630 valence electrons. The van der Waals surface area contributed by atoms with Crippen molar-refractivity contribution in [3.63, 3.8) is 0 Å². The molecular formula is C93H152O16P2. The third kappa shape index (κ3) is 85.1. The van der Waals surface area contributed by atoms with E-state index in [1.54, 1.807) is 0 Å². The van der Waals surface area contributed by atoms with Gasteiger partial charge in [0.1, 0.15) is 25.4 Å². The number of phosphoric acid groups is 2. The van der Waals surface area contributed by atoms with Crippen LogP contribution < -0.4 is 0 Å². The van der Waals surface area contributed by atoms with Gasteiger partial charge in [0, 0.05) is 19.3 Å². The van der Waals surface area contributed by atoms with Gasteiger partial charge in [-0.05, 0) is 167 Å². The van der Waals surface area contributed by atoms with Crippen molar-refractivity contribution < 1.29 is 75.8 Å². The van der Waals surface area contributed by atoms with E-state index in [1.165, 1.54) is 83.5 Å². The van der Waals surface area contributed by atoms with Crippen molar-refractivity contribution in [3.05, 3.63) is 194 Å². The van der Waals surface area contributed by atoms with E-state index < -0.39 is 91.5 Å². The number of unbranched alkanes of at least 4 members (excludes halogenated alkanes) is 24. The minimum Gasteiger partial charge on any atom is -0.463 e. The number of carbonyl (C=O) groups excluding carboxylic acids is 3. The number of hydrogen-bond donors (Lipinski definition) is 4. The number of esters is 3. The molecule has 0 aromatic carbocycles. The van der Waals surface area contributed by atoms with Crippen LogP contribution in [0.2, 0.25) is 0 Å². The minimum atomic E-state index is -4.96. The first-order chi connectivity index (χ1) is 54.2. The van der Waals surface area contributed by atoms with Crippen molar-refractivity contribution in [2.75, 3.05) is 39.6 Å². The molecule has 0 aromatic rings. The Balaban J connectivity index is 4.69. The van der Waals surface area contributed by atoms with Gasteiger partial charge in [-0.3, -0.25) is 32.5 Å². The van der Waals surface area contributed by atoms with Crippen LogP contribution in [0.15, 0.2) is 194 Å². The van der Waals surface area contributed by atoms with Crippen LogP contribution in [0.3, 0.4) is 0 Å². The summed E-state index contributed by atoms with van der Waals surface area (Å²) < 4.78 is 61.3. The number of ether oxygens (including phenoxy) is 3. The second-order valence-corrected chi connectivity index (χ2v) is 30.8. The Hall–Kier alpha value is -5.61. The molecule has 0 aliphatic heterocycles. The summed E-state index contributed by atoms with van der Waals surface area (Å²) in [4.78, 5) is 58.9. The summed E-state index contributed by atoms with van der Waals surface area (Å²) in [6, 6.07) is 0. The van der Waals surface area contributed by atoms with Crippen LogP contribution in [0, 0.1) is 0 Å². The molecule has 5 atom stereocenters. The minimum absolute atomic E-state index is 0.0410. The van der Waals surface area contributed by atoms with Crippen molar-refractivity contribution in [2.45, 2.75) is 334 Å². The molecule has 0 aliphatic carbocycles. The Morgan fingerprint density at radius 1 is 0.261 bits per heavy atom. The number of hydrogen-bond acceptors (Lipinski definition) is 14. The van der Waals surface area contributed by atoms with E-state index >= 15 is 0 Å². The highest BCUT2D eigenvalue weighted by Crippen LogP contribution is 2.45. The number of rotatable bonds is 79. The number of aliphatic hydroxyl groups is 2. The zero-order valence-electron chi connectivity index (χ0n) is 69.1. The summed E-state index contributed by atoms with van der Waals surface area (Å²) >= 11 is 0. The molecule has 0 bridgehead atoms. The highest BCUT2D eigenvalue weighted by Gasteiger charge is 2.29. The van der Waals surface area contributed by atoms with Crippen molar-refractivity contribution in [1.29, 1.82) is 0 Å². The van der Waals surface area contributed by atoms with Crippen molar-refractivity contribution in [3.8, 4) is 0 Å². The van der Waals surface area contributed by atoms with Gasteiger partial charge >= 0.3 is 33.6 Å². The topological polar surface area (TPSA) is 231 Å². The van der Waals surface area contributed by atoms with Crippen LogP contribution in [0.5, 0.6) is 0 Å². The molecule has 0 amide bonds. The third-order valence-corrected chi connectivity index (χ3v) is 19.2. The summed E-state index contributed by atoms with van der Waals surface area (Å²) in [5.41, 5.74) is 0. The molecule has 18 heteroatoms. The fraction of sp³-hybridized carbons (Fsp3) is 0.624. The lowest BCUT2D eigenvalue weighted by molar-refractivity contribution is -0.161. The van der Waals surface area contributed by atoms with Crippen LogP contribution >= 0.6 is 15.6 Å². The van der Waals surface area contributed by atoms with E-state index in [0.29, 0.717) is 25.7 Å². The van der Waals surface area contributed by atoms with Gasteiger partial charge in [0.25, 0.3) is 0 Å². The molecule has 0 aliphatic rings. The molecule has 0 saturated heterocycles. The van der Waals surface area contributed by atoms with Crippen LogP contribution in [-0.4, -0.2) is 95.9 Å². The lowest BCUT2D eigenvalue weighted by Gasteiger charge is -2.21. The fourth-order valence-corrected chi connectivity index (χ4v) is 12.4. The Kier molecular flexibility index (Phi) is 79.6. The van der Waals surface area contributed by atoms with Gasteiger partial charge in [0.05, 0.1) is 26.4 Å². The quantitative estimate of drug-likeness (QED) is 0.0146. The summed E-state index contributed by atoms with van der Waals surface area (Å²) in [6.07, 6.45) is 110. The standard InChI is InChI=1S/C93H152O16P2/c1-4-7-10-13-16-19-22-25-28-31-34-37-39-41-42-43-44-46-48-50-52-55-58-61-64-67-70-73-76-79-91(96)103-82-88(94)83-105-110(99,100)106-84-89(95)85-107-111(101,102)108-87-90(109-93(98)81-78-75-72-69-66-63-60-57-54-49-36-33-30-27-24-21-18-15-12-9-6-3)86-104-92(97)80-77-74-71-68-65-62-59-56-53-51-47-45-40-38-35-32-29-26-23-20-17-14-11-8-5-2/h7,9-10,12,16-21,25-30,34-38,41-42,44-47,49,57,60,66,69,88-90,94-95H,4-6,8,11,13-15,22-24,31-33,39-40,43,48,50-56,58-59,61-65,67-68,70-87H2,1-3H3,(H,99,100)(H,101,102)/b10-7-,12-9-,19-16-,20-17-,21-18-,28-25-,29-26-,30-27-,37-34-,38-35-,42-41-,46-44-,47-45-,49-36-,60-57-,69-66-. The molecule has 0 saturated carbocycles. The lowest BCUT2D eigenvalue weighted by atomic mass is 10.1. The smallest absolute Gasteiger partial charge is 0.463 e. The maximum atomic E-state index is 13.0. The lowest BCUT2D eigenvalue weighted by Crippen LogP contribution is -2.30. The van der Waals surface area contributed by atoms with E-state index in [9.17, 15) is 43.5 Å². The predicted molar refractivity (Wildman–Crippen MR) is 463 cm³/mol. The van der Waals surface area contributed by atoms with E-state index in [0.717, 1.165) is 167 Å². The Morgan fingerprint density at radius 2 is 0.477 bits per heavy atom. The second kappa shape index (κ2) is 83.8. The van der Waals surface area contributed by atoms with Crippen LogP contribution in [0.4, 0.5) is 0 Å². The van der Waals surface area contributed by atoms with E-state index in [1.807, 2.05) is 0 Å². The molecule has 5 unspecified atom stereocenters. The van der Waals surface area contributed by atoms with Gasteiger partial charge in [-0.15, -0.1) is 0 Å². The van der Waals surface area contributed by atoms with Gasteiger partial charge < -0.3 is 34.2 Å². The molecule has 4 N–H and O–H groups in total. The van der Waals surface area contributed by atoms with Crippen LogP contribution in [0.1, 0.15) is 316 Å². The Morgan fingerprint density at radius 3 is 0.775 bits per heavy atom. The van der Waals surface area contributed by atoms with E-state index in [4.69, 9.17) is 32.3 Å². The van der Waals surface area contributed by atoms with E-state index in [-0.39, 0.29) is 19.3 Å². The largest absolute Gasteiger partial charge is 0.472 e. The first-order valence-corrected chi connectivity index (χ1v) is 45.7. The molecule has 0 fully saturated rings. The maximum Gasteiger partial charge on any atom is 0.472 e. The highest BCUT2D eigenvalue weighted by atomic mass is 31.2. The summed E-state index contributed by atoms with van der Waals surface area (Å²) in [6.45, 7) is 2.36. The van der Waals surface area contributed by atoms with Crippen molar-refractivity contribution in [2.24, 2.45) is 0 Å². The molecule has 0 spiro atoms. The molecule has 0 rings (SSSR count). The normalized spacial score (nSPS) is 14.8. The number of phosphoric ester groups is 2. The van der Waals surface area contributed by atoms with Gasteiger partial charge in [0.15, 0.2) is 6.10 Å². The molecule has 0 radical (unpaired) electrons. The van der Waals surface area contributed by atoms with Gasteiger partial charge in [-0.2, -0.15) is 0 Å². The van der Waals surface area contributed by atoms with Crippen molar-refractivity contribution >= 4 is 33.6 Å². The Bertz CT molecular complexity index is 2800. The predicted octanol–water partition coefficient (Wildman–Crippen LogP) is 25.9. The summed E-state index contributed by atoms with van der Waals surface area (Å²) in [5.74, 6) is -1.64. The average molecular weight is 1590 g/mol. The zero-order valence-corrected chi connectivity index (χ0v) is 70.8. The van der Waals surface area contributed by atoms with Gasteiger partial charge in [-0.25, -0.2) is 9.13 Å². The first-order valence-electron chi connectivity index (χ1n) is 42.7. The van der Waals surface area contributed by atoms with Crippen molar-refractivity contribution in [1.82, 2.24) is 0 Å². The monoisotopic (exact) mass is 1590 g/mol. The Labute approximate surface area is 674 Å². The SMILES string of the molecule is CC/C=C\C/C=C\C/C=C\C/C=C\C/C=C\C/C=C\CCCCCCCCCCCCC(=O)OCC(O)COP(=O)(O)OCC(O)COP(=O)(O)OCC(COC(=O)CCCCCCCCCCC/C=C\C/C=C\C/C=C\C/C=C\CCCCC)OC(=O)CCCC/C=C\C/C=C\C/C=C\C/C=C\C/C=C\C/C=C\CC. The molecule has 0 aromatic heterocycles. The first kappa shape index (κ1) is 105. The molecule has 16 nitrogen and oxygen atoms in total. The second-order valence-electron chi connectivity index (χ2n) is 27.9.